The standard InChI is InChI=1S/C17H24FN3O2.C2H2O4/c1-13-11-14(3-4-16(13)18)21-9-7-20(8-10-21)6-5-15-12-19(2)17(22)23-15;3-1(4)2(5)6/h3-4,11,15H,5-10,12H2,1-2H3;(H,3,4)(H,5,6). The Morgan fingerprint density at radius 2 is 1.79 bits per heavy atom. The molecule has 10 heteroatoms. The summed E-state index contributed by atoms with van der Waals surface area (Å²) in [7, 11) is 1.77. The average molecular weight is 411 g/mol. The number of aliphatic carboxylic acids is 2. The molecule has 1 unspecified atom stereocenters. The molecule has 0 spiro atoms. The zero-order valence-electron chi connectivity index (χ0n) is 16.5. The van der Waals surface area contributed by atoms with E-state index in [-0.39, 0.29) is 18.0 Å². The number of aryl methyl sites for hydroxylation is 1. The average Bonchev–Trinajstić information content (AvgIpc) is 3.01. The molecule has 0 bridgehead atoms. The van der Waals surface area contributed by atoms with Gasteiger partial charge in [-0.15, -0.1) is 0 Å². The van der Waals surface area contributed by atoms with E-state index in [2.05, 4.69) is 9.80 Å². The van der Waals surface area contributed by atoms with Crippen molar-refractivity contribution in [1.29, 1.82) is 0 Å². The summed E-state index contributed by atoms with van der Waals surface area (Å²) in [6.07, 6.45) is 0.683. The van der Waals surface area contributed by atoms with Crippen molar-refractivity contribution in [2.75, 3.05) is 51.2 Å². The molecule has 1 atom stereocenters. The lowest BCUT2D eigenvalue weighted by Gasteiger charge is -2.36. The quantitative estimate of drug-likeness (QED) is 0.713. The van der Waals surface area contributed by atoms with Gasteiger partial charge in [0.05, 0.1) is 6.54 Å². The van der Waals surface area contributed by atoms with Gasteiger partial charge in [0.1, 0.15) is 11.9 Å². The lowest BCUT2D eigenvalue weighted by molar-refractivity contribution is -0.159. The second-order valence-electron chi connectivity index (χ2n) is 7.05. The SMILES string of the molecule is Cc1cc(N2CCN(CCC3CN(C)C(=O)O3)CC2)ccc1F.O=C(O)C(=O)O. The number of carboxylic acid groups (broad SMARTS) is 2. The molecule has 0 aliphatic carbocycles. The van der Waals surface area contributed by atoms with Crippen LogP contribution in [0.1, 0.15) is 12.0 Å². The van der Waals surface area contributed by atoms with Crippen molar-refractivity contribution in [3.05, 3.63) is 29.6 Å². The van der Waals surface area contributed by atoms with Gasteiger partial charge in [-0.2, -0.15) is 0 Å². The van der Waals surface area contributed by atoms with Crippen molar-refractivity contribution < 1.29 is 33.7 Å². The van der Waals surface area contributed by atoms with Gasteiger partial charge in [-0.1, -0.05) is 0 Å². The first kappa shape index (κ1) is 22.4. The van der Waals surface area contributed by atoms with E-state index in [0.717, 1.165) is 44.8 Å². The summed E-state index contributed by atoms with van der Waals surface area (Å²) in [6, 6.07) is 5.31. The van der Waals surface area contributed by atoms with Crippen LogP contribution in [0.5, 0.6) is 0 Å². The minimum absolute atomic E-state index is 0.0188. The number of hydrogen-bond donors (Lipinski definition) is 2. The number of carbonyl (C=O) groups is 3. The van der Waals surface area contributed by atoms with Crippen LogP contribution in [0.3, 0.4) is 0 Å². The lowest BCUT2D eigenvalue weighted by atomic mass is 10.1. The summed E-state index contributed by atoms with van der Waals surface area (Å²) in [4.78, 5) is 35.9. The minimum atomic E-state index is -1.82. The molecule has 0 radical (unpaired) electrons. The molecule has 9 nitrogen and oxygen atoms in total. The van der Waals surface area contributed by atoms with Gasteiger partial charge in [0.2, 0.25) is 0 Å². The third kappa shape index (κ3) is 6.60. The van der Waals surface area contributed by atoms with Crippen LogP contribution in [0.4, 0.5) is 14.9 Å². The Bertz CT molecular complexity index is 739. The number of carbonyl (C=O) groups excluding carboxylic acids is 1. The number of rotatable bonds is 4. The van der Waals surface area contributed by atoms with Crippen LogP contribution in [0.2, 0.25) is 0 Å². The Labute approximate surface area is 168 Å². The van der Waals surface area contributed by atoms with Crippen LogP contribution in [-0.2, 0) is 14.3 Å². The highest BCUT2D eigenvalue weighted by Gasteiger charge is 2.28. The first-order chi connectivity index (χ1) is 13.7. The molecule has 2 fully saturated rings. The fourth-order valence-corrected chi connectivity index (χ4v) is 3.18. The lowest BCUT2D eigenvalue weighted by Crippen LogP contribution is -2.47. The molecule has 2 heterocycles. The zero-order valence-corrected chi connectivity index (χ0v) is 16.5. The summed E-state index contributed by atoms with van der Waals surface area (Å²) in [6.45, 7) is 7.27. The molecule has 2 aliphatic rings. The van der Waals surface area contributed by atoms with Crippen molar-refractivity contribution in [2.45, 2.75) is 19.4 Å². The number of likely N-dealkylation sites (N-methyl/N-ethyl adjacent to an activating group) is 1. The van der Waals surface area contributed by atoms with Crippen molar-refractivity contribution in [1.82, 2.24) is 9.80 Å². The molecule has 1 aromatic rings. The van der Waals surface area contributed by atoms with Crippen molar-refractivity contribution in [3.63, 3.8) is 0 Å². The first-order valence-corrected chi connectivity index (χ1v) is 9.28. The normalized spacial score (nSPS) is 19.4. The molecule has 1 amide bonds. The fraction of sp³-hybridized carbons (Fsp3) is 0.526. The van der Waals surface area contributed by atoms with Crippen molar-refractivity contribution >= 4 is 23.7 Å². The van der Waals surface area contributed by atoms with Gasteiger partial charge < -0.3 is 24.7 Å². The summed E-state index contributed by atoms with van der Waals surface area (Å²) >= 11 is 0. The Hall–Kier alpha value is -2.88. The summed E-state index contributed by atoms with van der Waals surface area (Å²) in [5.41, 5.74) is 1.78. The number of piperazine rings is 1. The van der Waals surface area contributed by atoms with E-state index in [1.165, 1.54) is 0 Å². The Balaban J connectivity index is 0.000000438. The van der Waals surface area contributed by atoms with Crippen LogP contribution in [0.15, 0.2) is 18.2 Å². The summed E-state index contributed by atoms with van der Waals surface area (Å²) in [5, 5.41) is 14.8. The van der Waals surface area contributed by atoms with E-state index in [9.17, 15) is 9.18 Å². The van der Waals surface area contributed by atoms with E-state index in [0.29, 0.717) is 12.1 Å². The number of benzene rings is 1. The predicted octanol–water partition coefficient (Wildman–Crippen LogP) is 1.25. The Kier molecular flexibility index (Phi) is 7.77. The zero-order chi connectivity index (χ0) is 21.6. The maximum absolute atomic E-state index is 13.4. The van der Waals surface area contributed by atoms with Gasteiger partial charge in [0.15, 0.2) is 0 Å². The molecular weight excluding hydrogens is 385 g/mol. The summed E-state index contributed by atoms with van der Waals surface area (Å²) < 4.78 is 18.7. The van der Waals surface area contributed by atoms with E-state index in [4.69, 9.17) is 24.5 Å². The van der Waals surface area contributed by atoms with Crippen LogP contribution in [-0.4, -0.2) is 90.5 Å². The van der Waals surface area contributed by atoms with Crippen molar-refractivity contribution in [3.8, 4) is 0 Å². The van der Waals surface area contributed by atoms with Crippen LogP contribution in [0, 0.1) is 12.7 Å². The van der Waals surface area contributed by atoms with E-state index < -0.39 is 11.9 Å². The number of amides is 1. The number of halogens is 1. The highest BCUT2D eigenvalue weighted by atomic mass is 19.1. The molecule has 2 aliphatic heterocycles. The fourth-order valence-electron chi connectivity index (χ4n) is 3.18. The van der Waals surface area contributed by atoms with E-state index >= 15 is 0 Å². The third-order valence-electron chi connectivity index (χ3n) is 4.89. The third-order valence-corrected chi connectivity index (χ3v) is 4.89. The number of anilines is 1. The van der Waals surface area contributed by atoms with Crippen LogP contribution >= 0.6 is 0 Å². The topological polar surface area (TPSA) is 111 Å². The Morgan fingerprint density at radius 1 is 1.17 bits per heavy atom. The van der Waals surface area contributed by atoms with Gasteiger partial charge in [-0.05, 0) is 37.1 Å². The molecule has 29 heavy (non-hydrogen) atoms. The maximum atomic E-state index is 13.4. The molecule has 2 N–H and O–H groups in total. The van der Waals surface area contributed by atoms with Gasteiger partial charge in [0.25, 0.3) is 0 Å². The monoisotopic (exact) mass is 411 g/mol. The highest BCUT2D eigenvalue weighted by Crippen LogP contribution is 2.20. The van der Waals surface area contributed by atoms with Crippen LogP contribution < -0.4 is 4.90 Å². The molecule has 3 rings (SSSR count). The number of hydrogen-bond acceptors (Lipinski definition) is 6. The van der Waals surface area contributed by atoms with E-state index in [1.807, 2.05) is 12.1 Å². The van der Waals surface area contributed by atoms with Crippen LogP contribution in [0.25, 0.3) is 0 Å². The molecule has 2 saturated heterocycles. The number of cyclic esters (lactones) is 1. The second-order valence-corrected chi connectivity index (χ2v) is 7.05. The summed E-state index contributed by atoms with van der Waals surface area (Å²) in [5.74, 6) is -3.80. The highest BCUT2D eigenvalue weighted by molar-refractivity contribution is 6.27. The van der Waals surface area contributed by atoms with Gasteiger partial charge in [-0.3, -0.25) is 4.90 Å². The maximum Gasteiger partial charge on any atom is 0.414 e. The molecule has 1 aromatic carbocycles. The van der Waals surface area contributed by atoms with Gasteiger partial charge in [-0.25, -0.2) is 18.8 Å². The first-order valence-electron chi connectivity index (χ1n) is 9.28. The molecular formula is C19H26FN3O6. The minimum Gasteiger partial charge on any atom is -0.473 e. The molecule has 160 valence electrons. The Morgan fingerprint density at radius 3 is 2.28 bits per heavy atom. The molecule has 0 saturated carbocycles. The largest absolute Gasteiger partial charge is 0.473 e. The van der Waals surface area contributed by atoms with Gasteiger partial charge >= 0.3 is 18.0 Å². The number of carboxylic acids is 2. The van der Waals surface area contributed by atoms with E-state index in [1.54, 1.807) is 24.9 Å². The number of ether oxygens (including phenoxy) is 1. The second kappa shape index (κ2) is 10.1. The van der Waals surface area contributed by atoms with Gasteiger partial charge in [0, 0.05) is 45.5 Å². The predicted molar refractivity (Wildman–Crippen MR) is 103 cm³/mol. The smallest absolute Gasteiger partial charge is 0.414 e. The molecule has 0 aromatic heterocycles. The number of nitrogens with zero attached hydrogens (tertiary/aromatic N) is 3. The van der Waals surface area contributed by atoms with Crippen molar-refractivity contribution in [2.24, 2.45) is 0 Å².